The van der Waals surface area contributed by atoms with Crippen molar-refractivity contribution in [3.8, 4) is 5.75 Å². The van der Waals surface area contributed by atoms with Gasteiger partial charge in [-0.1, -0.05) is 33.8 Å². The quantitative estimate of drug-likeness (QED) is 0.201. The van der Waals surface area contributed by atoms with Gasteiger partial charge in [0.25, 0.3) is 0 Å². The van der Waals surface area contributed by atoms with Crippen molar-refractivity contribution in [3.63, 3.8) is 0 Å². The summed E-state index contributed by atoms with van der Waals surface area (Å²) in [6.07, 6.45) is 3.11. The lowest BCUT2D eigenvalue weighted by atomic mass is 9.75. The molecule has 0 aliphatic heterocycles. The van der Waals surface area contributed by atoms with Crippen LogP contribution in [0.5, 0.6) is 5.75 Å². The highest BCUT2D eigenvalue weighted by molar-refractivity contribution is 5.89. The molecule has 0 heterocycles. The van der Waals surface area contributed by atoms with Gasteiger partial charge in [-0.15, -0.1) is 0 Å². The van der Waals surface area contributed by atoms with Crippen LogP contribution in [0.3, 0.4) is 0 Å². The molecule has 1 aliphatic carbocycles. The van der Waals surface area contributed by atoms with Crippen LogP contribution in [0, 0.1) is 17.8 Å². The van der Waals surface area contributed by atoms with E-state index < -0.39 is 12.1 Å². The Labute approximate surface area is 177 Å². The minimum atomic E-state index is -0.934. The Bertz CT molecular complexity index is 738. The van der Waals surface area contributed by atoms with Gasteiger partial charge in [-0.3, -0.25) is 0 Å². The SMILES string of the molecule is C=CC(=O)OCCOC(=O)Oc1ccc(C(=O)OC2CC(C)CCC2C(C)C)cc1. The standard InChI is InChI=1S/C23H30O7/c1-5-21(24)27-12-13-28-23(26)29-18-9-7-17(8-10-18)22(25)30-20-14-16(4)6-11-19(20)15(2)3/h5,7-10,15-16,19-20H,1,6,11-14H2,2-4H3. The third kappa shape index (κ3) is 7.21. The normalized spacial score (nSPS) is 20.9. The van der Waals surface area contributed by atoms with E-state index in [4.69, 9.17) is 14.2 Å². The first-order valence-corrected chi connectivity index (χ1v) is 10.2. The summed E-state index contributed by atoms with van der Waals surface area (Å²) in [4.78, 5) is 35.1. The van der Waals surface area contributed by atoms with Gasteiger partial charge in [0.2, 0.25) is 0 Å². The van der Waals surface area contributed by atoms with Crippen LogP contribution in [0.2, 0.25) is 0 Å². The molecule has 0 radical (unpaired) electrons. The summed E-state index contributed by atoms with van der Waals surface area (Å²) < 4.78 is 20.3. The molecule has 0 N–H and O–H groups in total. The molecule has 1 aromatic rings. The molecule has 3 unspecified atom stereocenters. The zero-order valence-electron chi connectivity index (χ0n) is 17.8. The van der Waals surface area contributed by atoms with E-state index in [1.807, 2.05) is 0 Å². The summed E-state index contributed by atoms with van der Waals surface area (Å²) in [6.45, 7) is 9.53. The largest absolute Gasteiger partial charge is 0.513 e. The molecule has 0 aromatic heterocycles. The Kier molecular flexibility index (Phi) is 8.89. The lowest BCUT2D eigenvalue weighted by molar-refractivity contribution is -0.138. The van der Waals surface area contributed by atoms with Gasteiger partial charge in [-0.05, 0) is 54.9 Å². The van der Waals surface area contributed by atoms with Crippen LogP contribution in [0.25, 0.3) is 0 Å². The molecular weight excluding hydrogens is 388 g/mol. The second-order valence-electron chi connectivity index (χ2n) is 7.87. The van der Waals surface area contributed by atoms with Gasteiger partial charge in [-0.25, -0.2) is 14.4 Å². The Morgan fingerprint density at radius 2 is 1.77 bits per heavy atom. The van der Waals surface area contributed by atoms with Crippen LogP contribution >= 0.6 is 0 Å². The molecule has 1 saturated carbocycles. The summed E-state index contributed by atoms with van der Waals surface area (Å²) in [6, 6.07) is 6.10. The summed E-state index contributed by atoms with van der Waals surface area (Å²) >= 11 is 0. The fourth-order valence-electron chi connectivity index (χ4n) is 3.57. The van der Waals surface area contributed by atoms with Crippen LogP contribution < -0.4 is 4.74 Å². The van der Waals surface area contributed by atoms with Crippen LogP contribution in [-0.4, -0.2) is 37.4 Å². The van der Waals surface area contributed by atoms with Crippen molar-refractivity contribution < 1.29 is 33.3 Å². The van der Waals surface area contributed by atoms with Crippen LogP contribution in [0.1, 0.15) is 50.4 Å². The average molecular weight is 418 g/mol. The first kappa shape index (κ1) is 23.4. The van der Waals surface area contributed by atoms with Gasteiger partial charge in [0, 0.05) is 6.08 Å². The van der Waals surface area contributed by atoms with Crippen LogP contribution in [0.4, 0.5) is 4.79 Å². The molecule has 0 spiro atoms. The first-order valence-electron chi connectivity index (χ1n) is 10.2. The molecule has 30 heavy (non-hydrogen) atoms. The minimum absolute atomic E-state index is 0.0812. The molecule has 1 fully saturated rings. The molecule has 7 heteroatoms. The number of carbonyl (C=O) groups is 3. The molecule has 0 saturated heterocycles. The van der Waals surface area contributed by atoms with Crippen molar-refractivity contribution in [1.29, 1.82) is 0 Å². The highest BCUT2D eigenvalue weighted by Gasteiger charge is 2.33. The smallest absolute Gasteiger partial charge is 0.459 e. The van der Waals surface area contributed by atoms with E-state index in [-0.39, 0.29) is 31.0 Å². The number of carbonyl (C=O) groups excluding carboxylic acids is 3. The molecule has 0 amide bonds. The van der Waals surface area contributed by atoms with E-state index in [0.29, 0.717) is 23.3 Å². The first-order chi connectivity index (χ1) is 14.3. The van der Waals surface area contributed by atoms with Gasteiger partial charge >= 0.3 is 18.1 Å². The predicted octanol–water partition coefficient (Wildman–Crippen LogP) is 4.55. The van der Waals surface area contributed by atoms with E-state index in [1.165, 1.54) is 12.1 Å². The molecule has 1 aliphatic rings. The lowest BCUT2D eigenvalue weighted by Gasteiger charge is -2.36. The zero-order chi connectivity index (χ0) is 22.1. The summed E-state index contributed by atoms with van der Waals surface area (Å²) in [5, 5.41) is 0. The maximum atomic E-state index is 12.6. The van der Waals surface area contributed by atoms with E-state index in [2.05, 4.69) is 32.1 Å². The van der Waals surface area contributed by atoms with Crippen molar-refractivity contribution in [2.75, 3.05) is 13.2 Å². The molecule has 1 aromatic carbocycles. The number of esters is 2. The second-order valence-corrected chi connectivity index (χ2v) is 7.87. The van der Waals surface area contributed by atoms with Crippen molar-refractivity contribution in [2.24, 2.45) is 17.8 Å². The number of hydrogen-bond donors (Lipinski definition) is 0. The molecule has 164 valence electrons. The van der Waals surface area contributed by atoms with Crippen molar-refractivity contribution in [2.45, 2.75) is 46.1 Å². The Balaban J connectivity index is 1.84. The number of rotatable bonds is 8. The zero-order valence-corrected chi connectivity index (χ0v) is 17.8. The van der Waals surface area contributed by atoms with E-state index in [1.54, 1.807) is 12.1 Å². The fraction of sp³-hybridized carbons (Fsp3) is 0.522. The van der Waals surface area contributed by atoms with Crippen molar-refractivity contribution >= 4 is 18.1 Å². The van der Waals surface area contributed by atoms with Crippen LogP contribution in [0.15, 0.2) is 36.9 Å². The third-order valence-electron chi connectivity index (χ3n) is 5.23. The van der Waals surface area contributed by atoms with Gasteiger partial charge in [0.05, 0.1) is 5.56 Å². The topological polar surface area (TPSA) is 88.1 Å². The molecule has 0 bridgehead atoms. The average Bonchev–Trinajstić information content (AvgIpc) is 2.71. The summed E-state index contributed by atoms with van der Waals surface area (Å²) in [5.74, 6) is 0.617. The van der Waals surface area contributed by atoms with Gasteiger partial charge in [-0.2, -0.15) is 0 Å². The monoisotopic (exact) mass is 418 g/mol. The second kappa shape index (κ2) is 11.4. The molecular formula is C23H30O7. The lowest BCUT2D eigenvalue weighted by Crippen LogP contribution is -2.35. The minimum Gasteiger partial charge on any atom is -0.459 e. The maximum absolute atomic E-state index is 12.6. The van der Waals surface area contributed by atoms with E-state index in [0.717, 1.165) is 25.3 Å². The number of hydrogen-bond acceptors (Lipinski definition) is 7. The molecule has 3 atom stereocenters. The Morgan fingerprint density at radius 3 is 2.40 bits per heavy atom. The van der Waals surface area contributed by atoms with Gasteiger partial charge in [0.1, 0.15) is 25.1 Å². The van der Waals surface area contributed by atoms with Gasteiger partial charge < -0.3 is 18.9 Å². The van der Waals surface area contributed by atoms with Crippen LogP contribution in [-0.2, 0) is 19.0 Å². The highest BCUT2D eigenvalue weighted by atomic mass is 16.7. The van der Waals surface area contributed by atoms with E-state index >= 15 is 0 Å². The van der Waals surface area contributed by atoms with E-state index in [9.17, 15) is 14.4 Å². The highest BCUT2D eigenvalue weighted by Crippen LogP contribution is 2.35. The summed E-state index contributed by atoms with van der Waals surface area (Å²) in [7, 11) is 0. The number of benzene rings is 1. The predicted molar refractivity (Wildman–Crippen MR) is 110 cm³/mol. The summed E-state index contributed by atoms with van der Waals surface area (Å²) in [5.41, 5.74) is 0.396. The molecule has 7 nitrogen and oxygen atoms in total. The third-order valence-corrected chi connectivity index (χ3v) is 5.23. The fourth-order valence-corrected chi connectivity index (χ4v) is 3.57. The molecule has 2 rings (SSSR count). The Morgan fingerprint density at radius 1 is 1.10 bits per heavy atom. The Hall–Kier alpha value is -2.83. The number of ether oxygens (including phenoxy) is 4. The van der Waals surface area contributed by atoms with Gasteiger partial charge in [0.15, 0.2) is 0 Å². The maximum Gasteiger partial charge on any atom is 0.513 e. The van der Waals surface area contributed by atoms with Crippen molar-refractivity contribution in [1.82, 2.24) is 0 Å². The van der Waals surface area contributed by atoms with Crippen molar-refractivity contribution in [3.05, 3.63) is 42.5 Å².